The number of hydrogen-bond acceptors (Lipinski definition) is 6. The van der Waals surface area contributed by atoms with Gasteiger partial charge in [0.05, 0.1) is 31.9 Å². The largest absolute Gasteiger partial charge is 0.465 e. The van der Waals surface area contributed by atoms with E-state index >= 15 is 0 Å². The van der Waals surface area contributed by atoms with Gasteiger partial charge in [0.1, 0.15) is 0 Å². The van der Waals surface area contributed by atoms with E-state index in [1.54, 1.807) is 0 Å². The summed E-state index contributed by atoms with van der Waals surface area (Å²) in [5.74, 6) is -1.96. The normalized spacial score (nSPS) is 15.3. The smallest absolute Gasteiger partial charge is 0.337 e. The summed E-state index contributed by atoms with van der Waals surface area (Å²) >= 11 is 0. The lowest BCUT2D eigenvalue weighted by Crippen LogP contribution is -2.46. The van der Waals surface area contributed by atoms with E-state index in [2.05, 4.69) is 20.3 Å². The van der Waals surface area contributed by atoms with E-state index in [1.165, 1.54) is 31.4 Å². The average molecular weight is 414 g/mol. The van der Waals surface area contributed by atoms with E-state index < -0.39 is 17.8 Å². The van der Waals surface area contributed by atoms with E-state index in [9.17, 15) is 14.4 Å². The Labute approximate surface area is 174 Å². The lowest BCUT2D eigenvalue weighted by Gasteiger charge is -2.34. The first-order valence-electron chi connectivity index (χ1n) is 9.70. The Balaban J connectivity index is 1.59. The molecule has 2 aromatic rings. The molecule has 2 N–H and O–H groups in total. The van der Waals surface area contributed by atoms with Crippen LogP contribution in [0.25, 0.3) is 0 Å². The van der Waals surface area contributed by atoms with Crippen molar-refractivity contribution in [3.8, 4) is 0 Å². The van der Waals surface area contributed by atoms with Crippen molar-refractivity contribution in [1.82, 2.24) is 14.8 Å². The highest BCUT2D eigenvalue weighted by Crippen LogP contribution is 2.21. The molecule has 1 atom stereocenters. The van der Waals surface area contributed by atoms with Gasteiger partial charge < -0.3 is 24.7 Å². The van der Waals surface area contributed by atoms with E-state index in [0.29, 0.717) is 31.0 Å². The number of rotatable bonds is 6. The molecule has 30 heavy (non-hydrogen) atoms. The molecule has 1 saturated heterocycles. The number of nitrogens with one attached hydrogen (secondary N) is 2. The van der Waals surface area contributed by atoms with Gasteiger partial charge in [-0.2, -0.15) is 0 Å². The van der Waals surface area contributed by atoms with Crippen LogP contribution in [0.4, 0.5) is 5.69 Å². The Morgan fingerprint density at radius 1 is 1.10 bits per heavy atom. The van der Waals surface area contributed by atoms with Gasteiger partial charge in [-0.05, 0) is 36.4 Å². The fraction of sp³-hybridized carbons (Fsp3) is 0.381. The zero-order chi connectivity index (χ0) is 21.5. The molecule has 2 heterocycles. The summed E-state index contributed by atoms with van der Waals surface area (Å²) in [5.41, 5.74) is 1.82. The topological polar surface area (TPSA) is 102 Å². The molecule has 0 saturated carbocycles. The number of morpholine rings is 1. The molecule has 3 rings (SSSR count). The number of aromatic nitrogens is 1. The van der Waals surface area contributed by atoms with Crippen molar-refractivity contribution in [3.63, 3.8) is 0 Å². The van der Waals surface area contributed by atoms with Crippen LogP contribution in [0, 0.1) is 0 Å². The quantitative estimate of drug-likeness (QED) is 0.539. The highest BCUT2D eigenvalue weighted by Gasteiger charge is 2.26. The van der Waals surface area contributed by atoms with Gasteiger partial charge in [0, 0.05) is 44.3 Å². The fourth-order valence-corrected chi connectivity index (χ4v) is 3.40. The number of ether oxygens (including phenoxy) is 2. The standard InChI is InChI=1S/C21H26N4O5/c1-24-9-3-4-17(24)18(25-10-12-30-13-11-25)14-22-19(26)20(27)23-16-7-5-15(6-8-16)21(28)29-2/h3-9,18H,10-14H2,1-2H3,(H,22,26)(H,23,27). The molecule has 0 aliphatic carbocycles. The molecule has 1 unspecified atom stereocenters. The highest BCUT2D eigenvalue weighted by molar-refractivity contribution is 6.39. The van der Waals surface area contributed by atoms with Crippen molar-refractivity contribution in [2.24, 2.45) is 7.05 Å². The van der Waals surface area contributed by atoms with Gasteiger partial charge >= 0.3 is 17.8 Å². The van der Waals surface area contributed by atoms with Crippen LogP contribution in [0.2, 0.25) is 0 Å². The van der Waals surface area contributed by atoms with Crippen LogP contribution in [0.15, 0.2) is 42.6 Å². The van der Waals surface area contributed by atoms with Gasteiger partial charge in [0.2, 0.25) is 0 Å². The summed E-state index contributed by atoms with van der Waals surface area (Å²) in [4.78, 5) is 38.3. The molecular formula is C21H26N4O5. The minimum absolute atomic E-state index is 0.0648. The number of carbonyl (C=O) groups is 3. The summed E-state index contributed by atoms with van der Waals surface area (Å²) in [5, 5.41) is 5.27. The third-order valence-corrected chi connectivity index (χ3v) is 5.04. The van der Waals surface area contributed by atoms with Crippen molar-refractivity contribution < 1.29 is 23.9 Å². The van der Waals surface area contributed by atoms with Gasteiger partial charge in [0.25, 0.3) is 0 Å². The summed E-state index contributed by atoms with van der Waals surface area (Å²) < 4.78 is 12.1. The number of carbonyl (C=O) groups excluding carboxylic acids is 3. The first-order chi connectivity index (χ1) is 14.5. The van der Waals surface area contributed by atoms with Gasteiger partial charge in [-0.15, -0.1) is 0 Å². The predicted molar refractivity (Wildman–Crippen MR) is 110 cm³/mol. The average Bonchev–Trinajstić information content (AvgIpc) is 3.20. The van der Waals surface area contributed by atoms with Crippen LogP contribution in [0.3, 0.4) is 0 Å². The SMILES string of the molecule is COC(=O)c1ccc(NC(=O)C(=O)NCC(c2cccn2C)N2CCOCC2)cc1. The second-order valence-electron chi connectivity index (χ2n) is 6.94. The number of benzene rings is 1. The van der Waals surface area contributed by atoms with Crippen LogP contribution < -0.4 is 10.6 Å². The van der Waals surface area contributed by atoms with Crippen molar-refractivity contribution in [3.05, 3.63) is 53.9 Å². The van der Waals surface area contributed by atoms with Crippen LogP contribution in [-0.2, 0) is 26.1 Å². The Morgan fingerprint density at radius 2 is 1.80 bits per heavy atom. The van der Waals surface area contributed by atoms with Crippen molar-refractivity contribution in [2.45, 2.75) is 6.04 Å². The Hall–Kier alpha value is -3.17. The van der Waals surface area contributed by atoms with E-state index in [-0.39, 0.29) is 6.04 Å². The maximum absolute atomic E-state index is 12.4. The van der Waals surface area contributed by atoms with Crippen LogP contribution in [0.5, 0.6) is 0 Å². The van der Waals surface area contributed by atoms with Crippen LogP contribution >= 0.6 is 0 Å². The second-order valence-corrected chi connectivity index (χ2v) is 6.94. The van der Waals surface area contributed by atoms with E-state index in [4.69, 9.17) is 4.74 Å². The van der Waals surface area contributed by atoms with Gasteiger partial charge in [-0.1, -0.05) is 0 Å². The maximum atomic E-state index is 12.4. The van der Waals surface area contributed by atoms with Gasteiger partial charge in [-0.3, -0.25) is 14.5 Å². The van der Waals surface area contributed by atoms with Crippen LogP contribution in [-0.4, -0.2) is 67.2 Å². The first kappa shape index (κ1) is 21.5. The van der Waals surface area contributed by atoms with E-state index in [1.807, 2.05) is 29.9 Å². The third-order valence-electron chi connectivity index (χ3n) is 5.04. The third kappa shape index (κ3) is 5.25. The molecule has 9 heteroatoms. The number of methoxy groups -OCH3 is 1. The molecule has 1 aromatic heterocycles. The van der Waals surface area contributed by atoms with Gasteiger partial charge in [-0.25, -0.2) is 4.79 Å². The molecule has 160 valence electrons. The number of hydrogen-bond donors (Lipinski definition) is 2. The minimum atomic E-state index is -0.770. The molecule has 1 aliphatic heterocycles. The van der Waals surface area contributed by atoms with Crippen LogP contribution in [0.1, 0.15) is 22.1 Å². The molecule has 1 aliphatic rings. The van der Waals surface area contributed by atoms with Crippen molar-refractivity contribution in [2.75, 3.05) is 45.3 Å². The number of aryl methyl sites for hydroxylation is 1. The Kier molecular flexibility index (Phi) is 7.21. The van der Waals surface area contributed by atoms with Crippen molar-refractivity contribution >= 4 is 23.5 Å². The number of esters is 1. The Morgan fingerprint density at radius 3 is 2.40 bits per heavy atom. The number of amides is 2. The predicted octanol–water partition coefficient (Wildman–Crippen LogP) is 0.940. The minimum Gasteiger partial charge on any atom is -0.465 e. The summed E-state index contributed by atoms with van der Waals surface area (Å²) in [6.45, 7) is 3.08. The monoisotopic (exact) mass is 414 g/mol. The zero-order valence-corrected chi connectivity index (χ0v) is 17.1. The lowest BCUT2D eigenvalue weighted by molar-refractivity contribution is -0.136. The first-order valence-corrected chi connectivity index (χ1v) is 9.70. The lowest BCUT2D eigenvalue weighted by atomic mass is 10.1. The van der Waals surface area contributed by atoms with Gasteiger partial charge in [0.15, 0.2) is 0 Å². The highest BCUT2D eigenvalue weighted by atomic mass is 16.5. The Bertz CT molecular complexity index is 887. The molecule has 0 radical (unpaired) electrons. The number of anilines is 1. The summed E-state index contributed by atoms with van der Waals surface area (Å²) in [7, 11) is 3.25. The maximum Gasteiger partial charge on any atom is 0.337 e. The molecule has 2 amide bonds. The molecule has 0 spiro atoms. The zero-order valence-electron chi connectivity index (χ0n) is 17.1. The van der Waals surface area contributed by atoms with Crippen molar-refractivity contribution in [1.29, 1.82) is 0 Å². The summed E-state index contributed by atoms with van der Waals surface area (Å²) in [6, 6.07) is 10.0. The summed E-state index contributed by atoms with van der Waals surface area (Å²) in [6.07, 6.45) is 1.95. The molecule has 0 bridgehead atoms. The molecule has 9 nitrogen and oxygen atoms in total. The number of nitrogens with zero attached hydrogens (tertiary/aromatic N) is 2. The second kappa shape index (κ2) is 10.0. The molecule has 1 aromatic carbocycles. The van der Waals surface area contributed by atoms with E-state index in [0.717, 1.165) is 18.8 Å². The fourth-order valence-electron chi connectivity index (χ4n) is 3.40. The molecule has 1 fully saturated rings. The molecular weight excluding hydrogens is 388 g/mol.